The maximum atomic E-state index is 11.2. The monoisotopic (exact) mass is 339 g/mol. The van der Waals surface area contributed by atoms with Gasteiger partial charge >= 0.3 is 5.97 Å². The van der Waals surface area contributed by atoms with Crippen LogP contribution in [0.2, 0.25) is 0 Å². The second-order valence-corrected chi connectivity index (χ2v) is 6.34. The molecular formula is C20H25N3O2. The highest BCUT2D eigenvalue weighted by Crippen LogP contribution is 2.32. The largest absolute Gasteiger partial charge is 0.466 e. The molecule has 0 spiro atoms. The summed E-state index contributed by atoms with van der Waals surface area (Å²) in [6, 6.07) is 10.9. The summed E-state index contributed by atoms with van der Waals surface area (Å²) in [4.78, 5) is 13.7. The number of carbonyl (C=O) groups is 1. The third kappa shape index (κ3) is 4.79. The van der Waals surface area contributed by atoms with Gasteiger partial charge in [-0.05, 0) is 49.1 Å². The second-order valence-electron chi connectivity index (χ2n) is 6.34. The van der Waals surface area contributed by atoms with Gasteiger partial charge in [0.05, 0.1) is 7.11 Å². The lowest BCUT2D eigenvalue weighted by Crippen LogP contribution is -2.25. The molecule has 0 aliphatic carbocycles. The molecule has 2 heterocycles. The van der Waals surface area contributed by atoms with Gasteiger partial charge < -0.3 is 4.74 Å². The number of nitrogens with zero attached hydrogens (tertiary/aromatic N) is 3. The summed E-state index contributed by atoms with van der Waals surface area (Å²) in [5.41, 5.74) is 2.36. The molecule has 1 aromatic heterocycles. The SMILES string of the molecule is COC(=O)/C=C/c1ccc([C@@H]2CCCN2CCCn2cccn2)cc1. The summed E-state index contributed by atoms with van der Waals surface area (Å²) in [5, 5.41) is 4.26. The number of rotatable bonds is 7. The summed E-state index contributed by atoms with van der Waals surface area (Å²) in [6.07, 6.45) is 10.6. The maximum absolute atomic E-state index is 11.2. The van der Waals surface area contributed by atoms with Crippen LogP contribution in [0.15, 0.2) is 48.8 Å². The van der Waals surface area contributed by atoms with Crippen LogP contribution in [-0.2, 0) is 16.1 Å². The number of methoxy groups -OCH3 is 1. The van der Waals surface area contributed by atoms with Gasteiger partial charge in [0, 0.05) is 37.6 Å². The van der Waals surface area contributed by atoms with Gasteiger partial charge in [-0.3, -0.25) is 9.58 Å². The van der Waals surface area contributed by atoms with Crippen molar-refractivity contribution in [1.82, 2.24) is 14.7 Å². The molecule has 5 heteroatoms. The van der Waals surface area contributed by atoms with Gasteiger partial charge in [-0.15, -0.1) is 0 Å². The van der Waals surface area contributed by atoms with Gasteiger partial charge in [0.1, 0.15) is 0 Å². The zero-order valence-corrected chi connectivity index (χ0v) is 14.7. The molecule has 0 radical (unpaired) electrons. The van der Waals surface area contributed by atoms with Crippen molar-refractivity contribution in [3.63, 3.8) is 0 Å². The van der Waals surface area contributed by atoms with Crippen molar-refractivity contribution in [2.24, 2.45) is 0 Å². The van der Waals surface area contributed by atoms with Crippen molar-refractivity contribution in [3.8, 4) is 0 Å². The van der Waals surface area contributed by atoms with Crippen molar-refractivity contribution in [2.45, 2.75) is 31.8 Å². The molecule has 1 aliphatic heterocycles. The van der Waals surface area contributed by atoms with Crippen LogP contribution in [0.3, 0.4) is 0 Å². The molecular weight excluding hydrogens is 314 g/mol. The topological polar surface area (TPSA) is 47.4 Å². The van der Waals surface area contributed by atoms with E-state index < -0.39 is 0 Å². The van der Waals surface area contributed by atoms with Gasteiger partial charge in [-0.25, -0.2) is 4.79 Å². The van der Waals surface area contributed by atoms with E-state index in [1.54, 1.807) is 6.08 Å². The van der Waals surface area contributed by atoms with E-state index in [0.29, 0.717) is 6.04 Å². The fourth-order valence-electron chi connectivity index (χ4n) is 3.40. The Morgan fingerprint density at radius 1 is 1.32 bits per heavy atom. The predicted molar refractivity (Wildman–Crippen MR) is 97.9 cm³/mol. The van der Waals surface area contributed by atoms with Crippen LogP contribution in [0.25, 0.3) is 6.08 Å². The lowest BCUT2D eigenvalue weighted by molar-refractivity contribution is -0.134. The van der Waals surface area contributed by atoms with Crippen molar-refractivity contribution < 1.29 is 9.53 Å². The Bertz CT molecular complexity index is 692. The number of ether oxygens (including phenoxy) is 1. The Kier molecular flexibility index (Phi) is 6.01. The number of benzene rings is 1. The first kappa shape index (κ1) is 17.4. The number of aromatic nitrogens is 2. The lowest BCUT2D eigenvalue weighted by atomic mass is 10.0. The third-order valence-corrected chi connectivity index (χ3v) is 4.69. The number of carbonyl (C=O) groups excluding carboxylic acids is 1. The second kappa shape index (κ2) is 8.62. The van der Waals surface area contributed by atoms with Crippen LogP contribution in [0.1, 0.15) is 36.4 Å². The molecule has 1 fully saturated rings. The first-order chi connectivity index (χ1) is 12.3. The lowest BCUT2D eigenvalue weighted by Gasteiger charge is -2.25. The highest BCUT2D eigenvalue weighted by Gasteiger charge is 2.25. The normalized spacial score (nSPS) is 18.0. The summed E-state index contributed by atoms with van der Waals surface area (Å²) >= 11 is 0. The number of likely N-dealkylation sites (tertiary alicyclic amines) is 1. The zero-order valence-electron chi connectivity index (χ0n) is 14.7. The van der Waals surface area contributed by atoms with Gasteiger partial charge in [0.15, 0.2) is 0 Å². The molecule has 25 heavy (non-hydrogen) atoms. The zero-order chi connectivity index (χ0) is 17.5. The van der Waals surface area contributed by atoms with E-state index in [2.05, 4.69) is 39.0 Å². The highest BCUT2D eigenvalue weighted by molar-refractivity contribution is 5.86. The van der Waals surface area contributed by atoms with Crippen molar-refractivity contribution in [1.29, 1.82) is 0 Å². The molecule has 5 nitrogen and oxygen atoms in total. The fraction of sp³-hybridized carbons (Fsp3) is 0.400. The molecule has 0 amide bonds. The van der Waals surface area contributed by atoms with E-state index in [9.17, 15) is 4.79 Å². The smallest absolute Gasteiger partial charge is 0.330 e. The van der Waals surface area contributed by atoms with Gasteiger partial charge in [-0.1, -0.05) is 24.3 Å². The Labute approximate surface area is 148 Å². The van der Waals surface area contributed by atoms with E-state index in [0.717, 1.165) is 31.6 Å². The van der Waals surface area contributed by atoms with E-state index in [-0.39, 0.29) is 5.97 Å². The van der Waals surface area contributed by atoms with E-state index in [1.165, 1.54) is 31.6 Å². The van der Waals surface area contributed by atoms with Crippen molar-refractivity contribution >= 4 is 12.0 Å². The number of esters is 1. The average molecular weight is 339 g/mol. The van der Waals surface area contributed by atoms with E-state index >= 15 is 0 Å². The van der Waals surface area contributed by atoms with Crippen LogP contribution < -0.4 is 0 Å². The summed E-state index contributed by atoms with van der Waals surface area (Å²) in [6.45, 7) is 3.22. The number of hydrogen-bond donors (Lipinski definition) is 0. The molecule has 0 bridgehead atoms. The van der Waals surface area contributed by atoms with Gasteiger partial charge in [0.25, 0.3) is 0 Å². The number of aryl methyl sites for hydroxylation is 1. The highest BCUT2D eigenvalue weighted by atomic mass is 16.5. The van der Waals surface area contributed by atoms with Gasteiger partial charge in [0.2, 0.25) is 0 Å². The summed E-state index contributed by atoms with van der Waals surface area (Å²) in [7, 11) is 1.39. The molecule has 2 aromatic rings. The Hall–Kier alpha value is -2.40. The minimum Gasteiger partial charge on any atom is -0.466 e. The molecule has 132 valence electrons. The minimum absolute atomic E-state index is 0.330. The van der Waals surface area contributed by atoms with Crippen molar-refractivity contribution in [2.75, 3.05) is 20.2 Å². The molecule has 0 saturated carbocycles. The van der Waals surface area contributed by atoms with E-state index in [1.807, 2.05) is 23.1 Å². The molecule has 3 rings (SSSR count). The first-order valence-corrected chi connectivity index (χ1v) is 8.84. The molecule has 1 atom stereocenters. The summed E-state index contributed by atoms with van der Waals surface area (Å²) in [5.74, 6) is -0.330. The Balaban J connectivity index is 1.56. The van der Waals surface area contributed by atoms with Crippen molar-refractivity contribution in [3.05, 3.63) is 59.9 Å². The maximum Gasteiger partial charge on any atom is 0.330 e. The standard InChI is InChI=1S/C20H25N3O2/c1-25-20(24)11-8-17-6-9-18(10-7-17)19-5-2-13-22(19)14-4-16-23-15-3-12-21-23/h3,6-12,15,19H,2,4-5,13-14,16H2,1H3/b11-8+/t19-/m0/s1. The van der Waals surface area contributed by atoms with Crippen LogP contribution in [-0.4, -0.2) is 40.8 Å². The Morgan fingerprint density at radius 3 is 2.88 bits per heavy atom. The minimum atomic E-state index is -0.330. The van der Waals surface area contributed by atoms with Crippen LogP contribution in [0.4, 0.5) is 0 Å². The van der Waals surface area contributed by atoms with Crippen LogP contribution >= 0.6 is 0 Å². The summed E-state index contributed by atoms with van der Waals surface area (Å²) < 4.78 is 6.61. The van der Waals surface area contributed by atoms with Crippen LogP contribution in [0.5, 0.6) is 0 Å². The molecule has 0 unspecified atom stereocenters. The third-order valence-electron chi connectivity index (χ3n) is 4.69. The predicted octanol–water partition coefficient (Wildman–Crippen LogP) is 3.30. The molecule has 1 aliphatic rings. The Morgan fingerprint density at radius 2 is 2.16 bits per heavy atom. The molecule has 1 aromatic carbocycles. The number of hydrogen-bond acceptors (Lipinski definition) is 4. The quantitative estimate of drug-likeness (QED) is 0.574. The van der Waals surface area contributed by atoms with Gasteiger partial charge in [-0.2, -0.15) is 5.10 Å². The molecule has 1 saturated heterocycles. The van der Waals surface area contributed by atoms with E-state index in [4.69, 9.17) is 0 Å². The molecule has 0 N–H and O–H groups in total. The van der Waals surface area contributed by atoms with Crippen LogP contribution in [0, 0.1) is 0 Å². The first-order valence-electron chi connectivity index (χ1n) is 8.84. The average Bonchev–Trinajstić information content (AvgIpc) is 3.32. The fourth-order valence-corrected chi connectivity index (χ4v) is 3.40.